The number of ether oxygens (including phenoxy) is 2. The van der Waals surface area contributed by atoms with Crippen LogP contribution in [0.4, 0.5) is 11.4 Å². The zero-order valence-electron chi connectivity index (χ0n) is 24.2. The van der Waals surface area contributed by atoms with Crippen molar-refractivity contribution in [3.63, 3.8) is 0 Å². The van der Waals surface area contributed by atoms with E-state index in [-0.39, 0.29) is 31.6 Å². The van der Waals surface area contributed by atoms with Gasteiger partial charge in [0.05, 0.1) is 24.5 Å². The van der Waals surface area contributed by atoms with Crippen LogP contribution in [0.5, 0.6) is 0 Å². The maximum absolute atomic E-state index is 14.5. The third-order valence-electron chi connectivity index (χ3n) is 8.77. The number of aliphatic hydroxyl groups excluding tert-OH is 1. The predicted molar refractivity (Wildman–Crippen MR) is 154 cm³/mol. The number of carbonyl (C=O) groups excluding carboxylic acids is 3. The Morgan fingerprint density at radius 2 is 1.80 bits per heavy atom. The predicted octanol–water partition coefficient (Wildman–Crippen LogP) is 3.54. The number of unbranched alkanes of at least 4 members (excludes halogenated alkanes) is 3. The monoisotopic (exact) mass is 555 g/mol. The molecule has 3 aliphatic heterocycles. The number of anilines is 2. The summed E-state index contributed by atoms with van der Waals surface area (Å²) in [4.78, 5) is 47.2. The van der Waals surface area contributed by atoms with Crippen LogP contribution in [0, 0.1) is 11.8 Å². The number of fused-ring (bicyclic) bond motifs is 1. The van der Waals surface area contributed by atoms with Crippen LogP contribution in [-0.2, 0) is 23.9 Å². The molecule has 9 heteroatoms. The van der Waals surface area contributed by atoms with Crippen LogP contribution in [0.15, 0.2) is 36.9 Å². The highest BCUT2D eigenvalue weighted by Gasteiger charge is 2.75. The van der Waals surface area contributed by atoms with Gasteiger partial charge in [-0.15, -0.1) is 6.58 Å². The van der Waals surface area contributed by atoms with Gasteiger partial charge in [0.2, 0.25) is 5.91 Å². The standard InChI is InChI=1S/C31H45N3O6/c1-5-19-33(23-15-13-22(14-16-23)32(6-2)7-3)29(37)27-31-18-17-24(40-31)25(30(38)39-8-4)26(31)28(36)34(27)20-11-9-10-12-21-35/h5,13-16,24-27,35H,1,6-12,17-21H2,2-4H3/t24-,25+,26+,27?,31?/m1/s1. The molecule has 40 heavy (non-hydrogen) atoms. The maximum atomic E-state index is 14.5. The van der Waals surface area contributed by atoms with E-state index in [1.54, 1.807) is 22.8 Å². The Bertz CT molecular complexity index is 1060. The summed E-state index contributed by atoms with van der Waals surface area (Å²) >= 11 is 0. The molecule has 220 valence electrons. The van der Waals surface area contributed by atoms with Gasteiger partial charge in [0.25, 0.3) is 5.91 Å². The van der Waals surface area contributed by atoms with E-state index in [9.17, 15) is 14.4 Å². The van der Waals surface area contributed by atoms with Crippen molar-refractivity contribution < 1.29 is 29.0 Å². The largest absolute Gasteiger partial charge is 0.466 e. The molecule has 1 aromatic carbocycles. The van der Waals surface area contributed by atoms with Gasteiger partial charge < -0.3 is 29.3 Å². The van der Waals surface area contributed by atoms with Gasteiger partial charge in [-0.25, -0.2) is 0 Å². The molecule has 3 aliphatic rings. The first-order valence-corrected chi connectivity index (χ1v) is 14.9. The molecule has 4 rings (SSSR count). The fourth-order valence-electron chi connectivity index (χ4n) is 6.96. The van der Waals surface area contributed by atoms with Crippen LogP contribution in [0.25, 0.3) is 0 Å². The van der Waals surface area contributed by atoms with Crippen LogP contribution in [0.2, 0.25) is 0 Å². The van der Waals surface area contributed by atoms with Gasteiger partial charge in [0.15, 0.2) is 0 Å². The number of nitrogens with zero attached hydrogens (tertiary/aromatic N) is 3. The van der Waals surface area contributed by atoms with E-state index in [0.29, 0.717) is 32.2 Å². The number of benzene rings is 1. The highest BCUT2D eigenvalue weighted by molar-refractivity contribution is 6.04. The van der Waals surface area contributed by atoms with Crippen molar-refractivity contribution in [3.8, 4) is 0 Å². The summed E-state index contributed by atoms with van der Waals surface area (Å²) in [5.74, 6) is -2.26. The van der Waals surface area contributed by atoms with Gasteiger partial charge in [0.1, 0.15) is 11.6 Å². The molecule has 0 aromatic heterocycles. The van der Waals surface area contributed by atoms with Crippen molar-refractivity contribution in [1.82, 2.24) is 4.90 Å². The SMILES string of the molecule is C=CCN(C(=O)C1N(CCCCCCO)C(=O)[C@@H]2[C@@H](C(=O)OCC)[C@H]3CCC12O3)c1ccc(N(CC)CC)cc1. The molecular weight excluding hydrogens is 510 g/mol. The summed E-state index contributed by atoms with van der Waals surface area (Å²) in [6.45, 7) is 12.7. The van der Waals surface area contributed by atoms with Crippen LogP contribution in [0.1, 0.15) is 59.3 Å². The molecule has 2 unspecified atom stereocenters. The summed E-state index contributed by atoms with van der Waals surface area (Å²) < 4.78 is 11.9. The van der Waals surface area contributed by atoms with Crippen molar-refractivity contribution in [3.05, 3.63) is 36.9 Å². The Morgan fingerprint density at radius 1 is 1.12 bits per heavy atom. The number of carbonyl (C=O) groups is 3. The van der Waals surface area contributed by atoms with Crippen molar-refractivity contribution in [1.29, 1.82) is 0 Å². The lowest BCUT2D eigenvalue weighted by atomic mass is 9.70. The molecule has 0 radical (unpaired) electrons. The van der Waals surface area contributed by atoms with E-state index in [0.717, 1.165) is 37.3 Å². The molecular formula is C31H45N3O6. The molecule has 3 fully saturated rings. The summed E-state index contributed by atoms with van der Waals surface area (Å²) in [6, 6.07) is 7.07. The van der Waals surface area contributed by atoms with Gasteiger partial charge in [-0.1, -0.05) is 18.9 Å². The number of rotatable bonds is 15. The molecule has 5 atom stereocenters. The third-order valence-corrected chi connectivity index (χ3v) is 8.77. The van der Waals surface area contributed by atoms with Gasteiger partial charge in [0, 0.05) is 44.2 Å². The second-order valence-electron chi connectivity index (χ2n) is 10.9. The number of hydrogen-bond acceptors (Lipinski definition) is 7. The zero-order valence-corrected chi connectivity index (χ0v) is 24.2. The minimum absolute atomic E-state index is 0.134. The van der Waals surface area contributed by atoms with Crippen molar-refractivity contribution >= 4 is 29.2 Å². The average molecular weight is 556 g/mol. The number of likely N-dealkylation sites (tertiary alicyclic amines) is 1. The Morgan fingerprint density at radius 3 is 2.42 bits per heavy atom. The number of amides is 2. The molecule has 3 heterocycles. The molecule has 2 bridgehead atoms. The average Bonchev–Trinajstić information content (AvgIpc) is 3.60. The normalized spacial score (nSPS) is 26.6. The summed E-state index contributed by atoms with van der Waals surface area (Å²) in [7, 11) is 0. The second kappa shape index (κ2) is 13.2. The van der Waals surface area contributed by atoms with E-state index in [1.807, 2.05) is 24.3 Å². The van der Waals surface area contributed by atoms with Crippen molar-refractivity contribution in [2.75, 3.05) is 49.2 Å². The van der Waals surface area contributed by atoms with Crippen LogP contribution >= 0.6 is 0 Å². The topological polar surface area (TPSA) is 99.6 Å². The van der Waals surface area contributed by atoms with Crippen molar-refractivity contribution in [2.24, 2.45) is 11.8 Å². The highest BCUT2D eigenvalue weighted by Crippen LogP contribution is 2.59. The van der Waals surface area contributed by atoms with E-state index < -0.39 is 35.6 Å². The molecule has 1 N–H and O–H groups in total. The van der Waals surface area contributed by atoms with E-state index in [4.69, 9.17) is 14.6 Å². The lowest BCUT2D eigenvalue weighted by Crippen LogP contribution is -2.56. The van der Waals surface area contributed by atoms with Crippen molar-refractivity contribution in [2.45, 2.75) is 77.0 Å². The summed E-state index contributed by atoms with van der Waals surface area (Å²) in [5, 5.41) is 9.15. The molecule has 1 aromatic rings. The number of esters is 1. The molecule has 3 saturated heterocycles. The summed E-state index contributed by atoms with van der Waals surface area (Å²) in [6.07, 6.45) is 5.51. The smallest absolute Gasteiger partial charge is 0.312 e. The highest BCUT2D eigenvalue weighted by atomic mass is 16.6. The van der Waals surface area contributed by atoms with E-state index >= 15 is 0 Å². The lowest BCUT2D eigenvalue weighted by Gasteiger charge is -2.37. The maximum Gasteiger partial charge on any atom is 0.312 e. The Labute approximate surface area is 238 Å². The molecule has 2 amide bonds. The van der Waals surface area contributed by atoms with Gasteiger partial charge >= 0.3 is 5.97 Å². The molecule has 0 saturated carbocycles. The first-order valence-electron chi connectivity index (χ1n) is 14.9. The minimum Gasteiger partial charge on any atom is -0.466 e. The number of hydrogen-bond donors (Lipinski definition) is 1. The second-order valence-corrected chi connectivity index (χ2v) is 10.9. The van der Waals surface area contributed by atoms with Crippen LogP contribution in [-0.4, -0.2) is 84.9 Å². The van der Waals surface area contributed by atoms with Crippen LogP contribution in [0.3, 0.4) is 0 Å². The fourth-order valence-corrected chi connectivity index (χ4v) is 6.96. The first-order chi connectivity index (χ1) is 19.4. The summed E-state index contributed by atoms with van der Waals surface area (Å²) in [5.41, 5.74) is 0.751. The molecule has 1 spiro atoms. The molecule has 9 nitrogen and oxygen atoms in total. The quantitative estimate of drug-likeness (QED) is 0.201. The van der Waals surface area contributed by atoms with Crippen LogP contribution < -0.4 is 9.80 Å². The zero-order chi connectivity index (χ0) is 28.9. The Hall–Kier alpha value is -2.91. The fraction of sp³-hybridized carbons (Fsp3) is 0.645. The Kier molecular flexibility index (Phi) is 9.90. The van der Waals surface area contributed by atoms with Gasteiger partial charge in [-0.2, -0.15) is 0 Å². The van der Waals surface area contributed by atoms with Gasteiger partial charge in [-0.3, -0.25) is 14.4 Å². The van der Waals surface area contributed by atoms with E-state index in [2.05, 4.69) is 25.3 Å². The molecule has 0 aliphatic carbocycles. The Balaban J connectivity index is 1.68. The first kappa shape index (κ1) is 30.1. The van der Waals surface area contributed by atoms with Gasteiger partial charge in [-0.05, 0) is 70.7 Å². The number of aliphatic hydroxyl groups is 1. The lowest BCUT2D eigenvalue weighted by molar-refractivity contribution is -0.154. The third kappa shape index (κ3) is 5.38. The minimum atomic E-state index is -1.05. The van der Waals surface area contributed by atoms with E-state index in [1.165, 1.54) is 0 Å².